The molecular formula is C13H12N2O. The lowest BCUT2D eigenvalue weighted by Crippen LogP contribution is -1.83. The highest BCUT2D eigenvalue weighted by molar-refractivity contribution is 5.85. The lowest BCUT2D eigenvalue weighted by atomic mass is 10.2. The fraction of sp³-hybridized carbons (Fsp3) is 0. The Bertz CT molecular complexity index is 521. The number of phenolic OH excluding ortho intramolecular Hbond substituents is 1. The monoisotopic (exact) mass is 212 g/mol. The Morgan fingerprint density at radius 2 is 1.88 bits per heavy atom. The van der Waals surface area contributed by atoms with Crippen molar-refractivity contribution in [3.63, 3.8) is 0 Å². The topological polar surface area (TPSA) is 58.6 Å². The number of hydrogen-bond donors (Lipinski definition) is 2. The first-order valence-corrected chi connectivity index (χ1v) is 4.93. The Hall–Kier alpha value is -2.29. The third-order valence-electron chi connectivity index (χ3n) is 2.16. The molecule has 0 aromatic heterocycles. The fourth-order valence-electron chi connectivity index (χ4n) is 1.35. The van der Waals surface area contributed by atoms with Crippen LogP contribution in [0.3, 0.4) is 0 Å². The molecule has 0 saturated heterocycles. The molecule has 0 bridgehead atoms. The predicted molar refractivity (Wildman–Crippen MR) is 66.2 cm³/mol. The second-order valence-corrected chi connectivity index (χ2v) is 3.41. The molecule has 3 nitrogen and oxygen atoms in total. The van der Waals surface area contributed by atoms with Crippen LogP contribution in [0.15, 0.2) is 53.5 Å². The van der Waals surface area contributed by atoms with Gasteiger partial charge in [0.05, 0.1) is 5.69 Å². The van der Waals surface area contributed by atoms with Gasteiger partial charge in [-0.25, -0.2) is 0 Å². The third-order valence-corrected chi connectivity index (χ3v) is 2.16. The van der Waals surface area contributed by atoms with Crippen LogP contribution in [0.2, 0.25) is 0 Å². The van der Waals surface area contributed by atoms with Gasteiger partial charge in [-0.1, -0.05) is 18.2 Å². The first-order valence-electron chi connectivity index (χ1n) is 4.93. The van der Waals surface area contributed by atoms with Crippen molar-refractivity contribution in [3.8, 4) is 5.75 Å². The Morgan fingerprint density at radius 1 is 1.06 bits per heavy atom. The van der Waals surface area contributed by atoms with Gasteiger partial charge in [-0.15, -0.1) is 0 Å². The highest BCUT2D eigenvalue weighted by Gasteiger charge is 1.95. The van der Waals surface area contributed by atoms with Crippen molar-refractivity contribution >= 4 is 17.6 Å². The van der Waals surface area contributed by atoms with Gasteiger partial charge in [-0.3, -0.25) is 4.99 Å². The van der Waals surface area contributed by atoms with Gasteiger partial charge in [0, 0.05) is 17.5 Å². The zero-order chi connectivity index (χ0) is 11.4. The number of nitrogens with two attached hydrogens (primary N) is 1. The predicted octanol–water partition coefficient (Wildman–Crippen LogP) is 2.73. The lowest BCUT2D eigenvalue weighted by molar-refractivity contribution is 0.474. The normalized spacial score (nSPS) is 10.8. The number of phenols is 1. The lowest BCUT2D eigenvalue weighted by Gasteiger charge is -1.98. The van der Waals surface area contributed by atoms with E-state index in [4.69, 9.17) is 5.73 Å². The number of anilines is 1. The summed E-state index contributed by atoms with van der Waals surface area (Å²) in [5, 5.41) is 9.53. The minimum atomic E-state index is 0.218. The second kappa shape index (κ2) is 4.49. The van der Waals surface area contributed by atoms with Crippen molar-refractivity contribution in [3.05, 3.63) is 54.1 Å². The maximum absolute atomic E-state index is 9.53. The molecule has 0 saturated carbocycles. The smallest absolute Gasteiger partial charge is 0.124 e. The van der Waals surface area contributed by atoms with Crippen LogP contribution in [0.25, 0.3) is 0 Å². The minimum absolute atomic E-state index is 0.218. The molecule has 0 aliphatic heterocycles. The molecule has 16 heavy (non-hydrogen) atoms. The minimum Gasteiger partial charge on any atom is -0.507 e. The molecule has 0 atom stereocenters. The molecule has 2 aromatic rings. The molecule has 2 aromatic carbocycles. The summed E-state index contributed by atoms with van der Waals surface area (Å²) in [6.07, 6.45) is 1.62. The van der Waals surface area contributed by atoms with E-state index in [1.54, 1.807) is 36.5 Å². The summed E-state index contributed by atoms with van der Waals surface area (Å²) in [5.74, 6) is 0.218. The Balaban J connectivity index is 2.25. The molecule has 0 fully saturated rings. The van der Waals surface area contributed by atoms with Crippen molar-refractivity contribution in [1.82, 2.24) is 0 Å². The quantitative estimate of drug-likeness (QED) is 0.594. The summed E-state index contributed by atoms with van der Waals surface area (Å²) in [4.78, 5) is 4.23. The van der Waals surface area contributed by atoms with Crippen LogP contribution >= 0.6 is 0 Å². The van der Waals surface area contributed by atoms with Gasteiger partial charge in [0.25, 0.3) is 0 Å². The number of hydrogen-bond acceptors (Lipinski definition) is 3. The molecular weight excluding hydrogens is 200 g/mol. The van der Waals surface area contributed by atoms with E-state index < -0.39 is 0 Å². The highest BCUT2D eigenvalue weighted by Crippen LogP contribution is 2.17. The van der Waals surface area contributed by atoms with E-state index in [9.17, 15) is 5.11 Å². The van der Waals surface area contributed by atoms with E-state index in [1.165, 1.54) is 0 Å². The Morgan fingerprint density at radius 3 is 2.62 bits per heavy atom. The fourth-order valence-corrected chi connectivity index (χ4v) is 1.35. The van der Waals surface area contributed by atoms with Crippen LogP contribution < -0.4 is 5.73 Å². The van der Waals surface area contributed by atoms with Crippen molar-refractivity contribution in [1.29, 1.82) is 0 Å². The maximum Gasteiger partial charge on any atom is 0.124 e. The van der Waals surface area contributed by atoms with Gasteiger partial charge in [0.1, 0.15) is 5.75 Å². The second-order valence-electron chi connectivity index (χ2n) is 3.41. The molecule has 3 N–H and O–H groups in total. The number of para-hydroxylation sites is 1. The molecule has 0 aliphatic carbocycles. The number of benzene rings is 2. The standard InChI is InChI=1S/C13H12N2O/c14-11-5-3-6-12(8-11)15-9-10-4-1-2-7-13(10)16/h1-9,16H,14H2. The van der Waals surface area contributed by atoms with E-state index in [0.717, 1.165) is 5.69 Å². The van der Waals surface area contributed by atoms with Gasteiger partial charge >= 0.3 is 0 Å². The molecule has 0 heterocycles. The van der Waals surface area contributed by atoms with Crippen molar-refractivity contribution in [2.24, 2.45) is 4.99 Å². The number of aromatic hydroxyl groups is 1. The number of nitrogens with zero attached hydrogens (tertiary/aromatic N) is 1. The van der Waals surface area contributed by atoms with Crippen LogP contribution in [0.1, 0.15) is 5.56 Å². The zero-order valence-electron chi connectivity index (χ0n) is 8.67. The Kier molecular flexibility index (Phi) is 2.87. The van der Waals surface area contributed by atoms with Gasteiger partial charge in [-0.2, -0.15) is 0 Å². The van der Waals surface area contributed by atoms with Gasteiger partial charge in [0.2, 0.25) is 0 Å². The number of rotatable bonds is 2. The summed E-state index contributed by atoms with van der Waals surface area (Å²) < 4.78 is 0. The maximum atomic E-state index is 9.53. The SMILES string of the molecule is Nc1cccc(N=Cc2ccccc2O)c1. The van der Waals surface area contributed by atoms with Crippen LogP contribution in [-0.2, 0) is 0 Å². The van der Waals surface area contributed by atoms with Gasteiger partial charge < -0.3 is 10.8 Å². The zero-order valence-corrected chi connectivity index (χ0v) is 8.67. The summed E-state index contributed by atoms with van der Waals surface area (Å²) in [6, 6.07) is 14.3. The van der Waals surface area contributed by atoms with Crippen molar-refractivity contribution in [2.75, 3.05) is 5.73 Å². The average molecular weight is 212 g/mol. The molecule has 0 spiro atoms. The van der Waals surface area contributed by atoms with Gasteiger partial charge in [-0.05, 0) is 30.3 Å². The first-order chi connectivity index (χ1) is 7.75. The van der Waals surface area contributed by atoms with E-state index in [0.29, 0.717) is 11.3 Å². The Labute approximate surface area is 93.9 Å². The summed E-state index contributed by atoms with van der Waals surface area (Å²) in [5.41, 5.74) is 7.76. The molecule has 2 rings (SSSR count). The summed E-state index contributed by atoms with van der Waals surface area (Å²) >= 11 is 0. The van der Waals surface area contributed by atoms with Gasteiger partial charge in [0.15, 0.2) is 0 Å². The van der Waals surface area contributed by atoms with E-state index in [2.05, 4.69) is 4.99 Å². The van der Waals surface area contributed by atoms with Crippen LogP contribution in [-0.4, -0.2) is 11.3 Å². The third kappa shape index (κ3) is 2.39. The van der Waals surface area contributed by atoms with Crippen LogP contribution in [0.4, 0.5) is 11.4 Å². The molecule has 0 aliphatic rings. The van der Waals surface area contributed by atoms with E-state index >= 15 is 0 Å². The van der Waals surface area contributed by atoms with Crippen molar-refractivity contribution < 1.29 is 5.11 Å². The number of nitrogen functional groups attached to an aromatic ring is 1. The molecule has 0 amide bonds. The highest BCUT2D eigenvalue weighted by atomic mass is 16.3. The molecule has 3 heteroatoms. The first kappa shape index (κ1) is 10.2. The summed E-state index contributed by atoms with van der Waals surface area (Å²) in [6.45, 7) is 0. The van der Waals surface area contributed by atoms with Crippen molar-refractivity contribution in [2.45, 2.75) is 0 Å². The number of aliphatic imine (C=N–C) groups is 1. The molecule has 0 radical (unpaired) electrons. The van der Waals surface area contributed by atoms with E-state index in [1.807, 2.05) is 18.2 Å². The molecule has 80 valence electrons. The summed E-state index contributed by atoms with van der Waals surface area (Å²) in [7, 11) is 0. The van der Waals surface area contributed by atoms with E-state index in [-0.39, 0.29) is 5.75 Å². The van der Waals surface area contributed by atoms with Crippen LogP contribution in [0.5, 0.6) is 5.75 Å². The average Bonchev–Trinajstić information content (AvgIpc) is 2.28. The molecule has 0 unspecified atom stereocenters. The van der Waals surface area contributed by atoms with Crippen LogP contribution in [0, 0.1) is 0 Å². The largest absolute Gasteiger partial charge is 0.507 e.